The molecule has 6 nitrogen and oxygen atoms in total. The molecule has 0 unspecified atom stereocenters. The van der Waals surface area contributed by atoms with Gasteiger partial charge in [-0.3, -0.25) is 4.79 Å². The fraction of sp³-hybridized carbons (Fsp3) is 0.650. The van der Waals surface area contributed by atoms with Gasteiger partial charge in [0.05, 0.1) is 12.0 Å². The topological polar surface area (TPSA) is 66.9 Å². The molecular formula is C20H30N2O4S. The molecule has 2 fully saturated rings. The summed E-state index contributed by atoms with van der Waals surface area (Å²) in [5, 5.41) is 0. The van der Waals surface area contributed by atoms with E-state index < -0.39 is 10.0 Å². The minimum absolute atomic E-state index is 0.0633. The average Bonchev–Trinajstić information content (AvgIpc) is 3.50. The maximum absolute atomic E-state index is 13.0. The lowest BCUT2D eigenvalue weighted by atomic mass is 9.96. The van der Waals surface area contributed by atoms with E-state index in [9.17, 15) is 13.2 Å². The first kappa shape index (κ1) is 20.1. The van der Waals surface area contributed by atoms with Gasteiger partial charge in [-0.25, -0.2) is 8.42 Å². The van der Waals surface area contributed by atoms with Gasteiger partial charge in [0.25, 0.3) is 0 Å². The Bertz CT molecular complexity index is 749. The predicted octanol–water partition coefficient (Wildman–Crippen LogP) is 2.74. The van der Waals surface area contributed by atoms with Crippen LogP contribution in [-0.4, -0.2) is 56.3 Å². The summed E-state index contributed by atoms with van der Waals surface area (Å²) < 4.78 is 32.3. The minimum atomic E-state index is -3.53. The monoisotopic (exact) mass is 394 g/mol. The zero-order chi connectivity index (χ0) is 19.6. The summed E-state index contributed by atoms with van der Waals surface area (Å²) in [4.78, 5) is 15.3. The summed E-state index contributed by atoms with van der Waals surface area (Å²) >= 11 is 0. The standard InChI is InChI=1S/C20H30N2O4S/c1-15(2)14-22(17-4-5-17)20(23)16-10-12-21(13-11-16)27(24,25)19-8-6-18(26-3)7-9-19/h6-9,15-17H,4-5,10-14H2,1-3H3. The molecule has 0 N–H and O–H groups in total. The van der Waals surface area contributed by atoms with E-state index in [0.29, 0.717) is 43.6 Å². The second-order valence-electron chi connectivity index (χ2n) is 7.97. The van der Waals surface area contributed by atoms with Gasteiger partial charge in [-0.15, -0.1) is 0 Å². The van der Waals surface area contributed by atoms with Crippen molar-refractivity contribution in [3.05, 3.63) is 24.3 Å². The number of hydrogen-bond acceptors (Lipinski definition) is 4. The van der Waals surface area contributed by atoms with E-state index in [1.165, 1.54) is 4.31 Å². The highest BCUT2D eigenvalue weighted by molar-refractivity contribution is 7.89. The highest BCUT2D eigenvalue weighted by Crippen LogP contribution is 2.32. The zero-order valence-corrected chi connectivity index (χ0v) is 17.2. The Hall–Kier alpha value is -1.60. The van der Waals surface area contributed by atoms with E-state index in [4.69, 9.17) is 4.74 Å². The zero-order valence-electron chi connectivity index (χ0n) is 16.4. The largest absolute Gasteiger partial charge is 0.497 e. The highest BCUT2D eigenvalue weighted by Gasteiger charge is 2.38. The molecule has 1 amide bonds. The average molecular weight is 395 g/mol. The van der Waals surface area contributed by atoms with Crippen molar-refractivity contribution in [3.63, 3.8) is 0 Å². The van der Waals surface area contributed by atoms with E-state index in [1.54, 1.807) is 31.4 Å². The predicted molar refractivity (Wildman–Crippen MR) is 104 cm³/mol. The van der Waals surface area contributed by atoms with Crippen LogP contribution in [0.5, 0.6) is 5.75 Å². The number of amides is 1. The molecule has 1 aliphatic carbocycles. The number of sulfonamides is 1. The van der Waals surface area contributed by atoms with Gasteiger partial charge in [-0.05, 0) is 55.9 Å². The molecule has 1 saturated carbocycles. The van der Waals surface area contributed by atoms with E-state index in [1.807, 2.05) is 4.90 Å². The van der Waals surface area contributed by atoms with E-state index in [-0.39, 0.29) is 16.7 Å². The summed E-state index contributed by atoms with van der Waals surface area (Å²) in [6, 6.07) is 6.86. The van der Waals surface area contributed by atoms with Crippen molar-refractivity contribution in [2.75, 3.05) is 26.7 Å². The van der Waals surface area contributed by atoms with Crippen LogP contribution in [0.25, 0.3) is 0 Å². The molecular weight excluding hydrogens is 364 g/mol. The summed E-state index contributed by atoms with van der Waals surface area (Å²) in [5.74, 6) is 1.23. The maximum Gasteiger partial charge on any atom is 0.243 e. The lowest BCUT2D eigenvalue weighted by molar-refractivity contribution is -0.137. The van der Waals surface area contributed by atoms with E-state index in [0.717, 1.165) is 19.4 Å². The van der Waals surface area contributed by atoms with Crippen LogP contribution in [0.1, 0.15) is 39.5 Å². The van der Waals surface area contributed by atoms with Crippen LogP contribution in [-0.2, 0) is 14.8 Å². The van der Waals surface area contributed by atoms with Crippen LogP contribution in [0.2, 0.25) is 0 Å². The Kier molecular flexibility index (Phi) is 6.11. The number of carbonyl (C=O) groups excluding carboxylic acids is 1. The van der Waals surface area contributed by atoms with Crippen LogP contribution in [0.15, 0.2) is 29.2 Å². The third-order valence-electron chi connectivity index (χ3n) is 5.33. The Balaban J connectivity index is 1.62. The van der Waals surface area contributed by atoms with Crippen molar-refractivity contribution in [2.45, 2.75) is 50.5 Å². The van der Waals surface area contributed by atoms with Gasteiger partial charge in [0.2, 0.25) is 15.9 Å². The molecule has 0 atom stereocenters. The van der Waals surface area contributed by atoms with Gasteiger partial charge in [-0.1, -0.05) is 13.8 Å². The molecule has 1 heterocycles. The molecule has 1 aromatic carbocycles. The Labute approximate surface area is 162 Å². The van der Waals surface area contributed by atoms with Crippen LogP contribution >= 0.6 is 0 Å². The van der Waals surface area contributed by atoms with Crippen LogP contribution in [0, 0.1) is 11.8 Å². The highest BCUT2D eigenvalue weighted by atomic mass is 32.2. The van der Waals surface area contributed by atoms with Gasteiger partial charge >= 0.3 is 0 Å². The number of ether oxygens (including phenoxy) is 1. The third kappa shape index (κ3) is 4.63. The first-order chi connectivity index (χ1) is 12.8. The van der Waals surface area contributed by atoms with E-state index in [2.05, 4.69) is 13.8 Å². The summed E-state index contributed by atoms with van der Waals surface area (Å²) in [7, 11) is -1.98. The van der Waals surface area contributed by atoms with Gasteiger partial charge in [-0.2, -0.15) is 4.31 Å². The second-order valence-corrected chi connectivity index (χ2v) is 9.91. The molecule has 1 saturated heterocycles. The fourth-order valence-corrected chi connectivity index (χ4v) is 5.14. The molecule has 1 aromatic rings. The normalized spacial score (nSPS) is 19.3. The summed E-state index contributed by atoms with van der Waals surface area (Å²) in [6.07, 6.45) is 3.39. The lowest BCUT2D eigenvalue weighted by Crippen LogP contribution is -2.46. The van der Waals surface area contributed by atoms with Gasteiger partial charge in [0.15, 0.2) is 0 Å². The van der Waals surface area contributed by atoms with E-state index >= 15 is 0 Å². The Morgan fingerprint density at radius 1 is 1.15 bits per heavy atom. The summed E-state index contributed by atoms with van der Waals surface area (Å²) in [5.41, 5.74) is 0. The number of carbonyl (C=O) groups is 1. The third-order valence-corrected chi connectivity index (χ3v) is 7.25. The smallest absolute Gasteiger partial charge is 0.243 e. The number of benzene rings is 1. The van der Waals surface area contributed by atoms with Gasteiger partial charge < -0.3 is 9.64 Å². The van der Waals surface area contributed by atoms with Crippen molar-refractivity contribution in [1.29, 1.82) is 0 Å². The number of rotatable bonds is 7. The van der Waals surface area contributed by atoms with Crippen molar-refractivity contribution >= 4 is 15.9 Å². The molecule has 0 spiro atoms. The molecule has 0 radical (unpaired) electrons. The van der Waals surface area contributed by atoms with Crippen molar-refractivity contribution in [2.24, 2.45) is 11.8 Å². The maximum atomic E-state index is 13.0. The van der Waals surface area contributed by atoms with Crippen LogP contribution < -0.4 is 4.74 Å². The van der Waals surface area contributed by atoms with Crippen molar-refractivity contribution in [1.82, 2.24) is 9.21 Å². The SMILES string of the molecule is COc1ccc(S(=O)(=O)N2CCC(C(=O)N(CC(C)C)C3CC3)CC2)cc1. The Morgan fingerprint density at radius 3 is 2.22 bits per heavy atom. The fourth-order valence-electron chi connectivity index (χ4n) is 3.67. The Morgan fingerprint density at radius 2 is 1.74 bits per heavy atom. The number of piperidine rings is 1. The molecule has 150 valence electrons. The molecule has 0 aromatic heterocycles. The lowest BCUT2D eigenvalue weighted by Gasteiger charge is -2.34. The van der Waals surface area contributed by atoms with Gasteiger partial charge in [0.1, 0.15) is 5.75 Å². The minimum Gasteiger partial charge on any atom is -0.497 e. The van der Waals surface area contributed by atoms with Crippen LogP contribution in [0.3, 0.4) is 0 Å². The second kappa shape index (κ2) is 8.19. The quantitative estimate of drug-likeness (QED) is 0.713. The molecule has 7 heteroatoms. The summed E-state index contributed by atoms with van der Waals surface area (Å²) in [6.45, 7) is 5.85. The molecule has 0 bridgehead atoms. The van der Waals surface area contributed by atoms with Gasteiger partial charge in [0, 0.05) is 31.6 Å². The number of nitrogens with zero attached hydrogens (tertiary/aromatic N) is 2. The number of hydrogen-bond donors (Lipinski definition) is 0. The number of methoxy groups -OCH3 is 1. The molecule has 1 aliphatic heterocycles. The molecule has 3 rings (SSSR count). The van der Waals surface area contributed by atoms with Crippen molar-refractivity contribution < 1.29 is 17.9 Å². The molecule has 2 aliphatic rings. The van der Waals surface area contributed by atoms with Crippen LogP contribution in [0.4, 0.5) is 0 Å². The molecule has 27 heavy (non-hydrogen) atoms. The van der Waals surface area contributed by atoms with Crippen molar-refractivity contribution in [3.8, 4) is 5.75 Å². The first-order valence-electron chi connectivity index (χ1n) is 9.77. The first-order valence-corrected chi connectivity index (χ1v) is 11.2.